The molecule has 2 aromatic rings. The maximum atomic E-state index is 12.6. The molecule has 4 rings (SSSR count). The van der Waals surface area contributed by atoms with E-state index in [0.717, 1.165) is 24.1 Å². The summed E-state index contributed by atoms with van der Waals surface area (Å²) in [4.78, 5) is 30.8. The van der Waals surface area contributed by atoms with Crippen molar-refractivity contribution in [1.82, 2.24) is 10.3 Å². The summed E-state index contributed by atoms with van der Waals surface area (Å²) in [7, 11) is 0. The van der Waals surface area contributed by atoms with E-state index in [0.29, 0.717) is 30.3 Å². The molecule has 124 valence electrons. The van der Waals surface area contributed by atoms with E-state index in [1.54, 1.807) is 4.90 Å². The predicted molar refractivity (Wildman–Crippen MR) is 87.9 cm³/mol. The summed E-state index contributed by atoms with van der Waals surface area (Å²) in [6.07, 6.45) is 3.95. The van der Waals surface area contributed by atoms with Crippen molar-refractivity contribution in [2.45, 2.75) is 38.1 Å². The van der Waals surface area contributed by atoms with Crippen molar-refractivity contribution in [1.29, 1.82) is 0 Å². The number of benzene rings is 1. The second-order valence-corrected chi connectivity index (χ2v) is 6.48. The fourth-order valence-electron chi connectivity index (χ4n) is 3.08. The van der Waals surface area contributed by atoms with E-state index in [-0.39, 0.29) is 11.8 Å². The first kappa shape index (κ1) is 14.9. The van der Waals surface area contributed by atoms with Gasteiger partial charge in [-0.1, -0.05) is 17.7 Å². The number of rotatable bonds is 4. The smallest absolute Gasteiger partial charge is 0.274 e. The van der Waals surface area contributed by atoms with Gasteiger partial charge in [0, 0.05) is 18.2 Å². The molecule has 6 heteroatoms. The average Bonchev–Trinajstić information content (AvgIpc) is 3.20. The van der Waals surface area contributed by atoms with Crippen molar-refractivity contribution in [2.24, 2.45) is 0 Å². The molecule has 0 radical (unpaired) electrons. The number of oxazole rings is 1. The summed E-state index contributed by atoms with van der Waals surface area (Å²) in [5, 5.41) is 2.81. The summed E-state index contributed by atoms with van der Waals surface area (Å²) in [6.45, 7) is 2.61. The van der Waals surface area contributed by atoms with Gasteiger partial charge in [0.2, 0.25) is 5.91 Å². The van der Waals surface area contributed by atoms with E-state index in [4.69, 9.17) is 4.42 Å². The number of nitrogens with one attached hydrogen (secondary N) is 1. The first-order valence-electron chi connectivity index (χ1n) is 8.26. The van der Waals surface area contributed by atoms with Crippen LogP contribution in [0.3, 0.4) is 0 Å². The standard InChI is InChI=1S/C18H19N3O3/c1-11-2-6-13(7-3-11)21-9-8-14(18(21)23)20-17(22)15-16(12-4-5-12)24-10-19-15/h2-3,6-7,10,12,14H,4-5,8-9H2,1H3,(H,20,22). The molecular weight excluding hydrogens is 306 g/mol. The molecule has 2 fully saturated rings. The van der Waals surface area contributed by atoms with Crippen LogP contribution in [-0.2, 0) is 4.79 Å². The number of aromatic nitrogens is 1. The van der Waals surface area contributed by atoms with Crippen LogP contribution in [0.25, 0.3) is 0 Å². The molecule has 2 heterocycles. The highest BCUT2D eigenvalue weighted by molar-refractivity contribution is 6.03. The van der Waals surface area contributed by atoms with E-state index in [2.05, 4.69) is 10.3 Å². The largest absolute Gasteiger partial charge is 0.447 e. The fourth-order valence-corrected chi connectivity index (χ4v) is 3.08. The molecule has 1 aromatic heterocycles. The third-order valence-corrected chi connectivity index (χ3v) is 4.61. The van der Waals surface area contributed by atoms with Crippen molar-refractivity contribution >= 4 is 17.5 Å². The van der Waals surface area contributed by atoms with E-state index in [9.17, 15) is 9.59 Å². The van der Waals surface area contributed by atoms with Crippen LogP contribution >= 0.6 is 0 Å². The summed E-state index contributed by atoms with van der Waals surface area (Å²) < 4.78 is 5.34. The zero-order valence-corrected chi connectivity index (χ0v) is 13.5. The number of carbonyl (C=O) groups is 2. The zero-order chi connectivity index (χ0) is 16.7. The number of hydrogen-bond donors (Lipinski definition) is 1. The van der Waals surface area contributed by atoms with Crippen LogP contribution in [0.15, 0.2) is 35.1 Å². The number of anilines is 1. The molecule has 1 saturated heterocycles. The second kappa shape index (κ2) is 5.78. The van der Waals surface area contributed by atoms with E-state index in [1.807, 2.05) is 31.2 Å². The summed E-state index contributed by atoms with van der Waals surface area (Å²) in [5.74, 6) is 0.545. The molecule has 1 aliphatic carbocycles. The predicted octanol–water partition coefficient (Wildman–Crippen LogP) is 2.40. The van der Waals surface area contributed by atoms with Crippen LogP contribution in [0.5, 0.6) is 0 Å². The maximum Gasteiger partial charge on any atom is 0.274 e. The number of aryl methyl sites for hydroxylation is 1. The minimum absolute atomic E-state index is 0.0799. The molecule has 1 atom stereocenters. The fraction of sp³-hybridized carbons (Fsp3) is 0.389. The Kier molecular flexibility index (Phi) is 3.59. The molecule has 1 aromatic carbocycles. The van der Waals surface area contributed by atoms with Gasteiger partial charge in [-0.15, -0.1) is 0 Å². The number of amides is 2. The molecule has 0 spiro atoms. The van der Waals surface area contributed by atoms with E-state index in [1.165, 1.54) is 6.39 Å². The van der Waals surface area contributed by atoms with Gasteiger partial charge in [-0.2, -0.15) is 0 Å². The molecule has 1 unspecified atom stereocenters. The van der Waals surface area contributed by atoms with Crippen molar-refractivity contribution in [3.8, 4) is 0 Å². The summed E-state index contributed by atoms with van der Waals surface area (Å²) in [5.41, 5.74) is 2.33. The normalized spacial score (nSPS) is 20.5. The van der Waals surface area contributed by atoms with Crippen LogP contribution < -0.4 is 10.2 Å². The van der Waals surface area contributed by atoms with Crippen LogP contribution in [-0.4, -0.2) is 29.4 Å². The lowest BCUT2D eigenvalue weighted by molar-refractivity contribution is -0.118. The molecule has 24 heavy (non-hydrogen) atoms. The molecular formula is C18H19N3O3. The first-order valence-corrected chi connectivity index (χ1v) is 8.26. The minimum Gasteiger partial charge on any atom is -0.447 e. The topological polar surface area (TPSA) is 75.4 Å². The average molecular weight is 325 g/mol. The molecule has 1 aliphatic heterocycles. The highest BCUT2D eigenvalue weighted by Gasteiger charge is 2.36. The molecule has 1 N–H and O–H groups in total. The Morgan fingerprint density at radius 3 is 2.71 bits per heavy atom. The van der Waals surface area contributed by atoms with Crippen LogP contribution in [0.1, 0.15) is 47.0 Å². The van der Waals surface area contributed by atoms with Gasteiger partial charge in [0.05, 0.1) is 0 Å². The Labute approximate surface area is 139 Å². The quantitative estimate of drug-likeness (QED) is 0.936. The van der Waals surface area contributed by atoms with Crippen molar-refractivity contribution in [2.75, 3.05) is 11.4 Å². The highest BCUT2D eigenvalue weighted by atomic mass is 16.3. The van der Waals surface area contributed by atoms with Gasteiger partial charge in [0.1, 0.15) is 11.8 Å². The van der Waals surface area contributed by atoms with Gasteiger partial charge in [0.15, 0.2) is 12.1 Å². The minimum atomic E-state index is -0.512. The van der Waals surface area contributed by atoms with Crippen molar-refractivity contribution in [3.63, 3.8) is 0 Å². The van der Waals surface area contributed by atoms with Gasteiger partial charge in [-0.3, -0.25) is 9.59 Å². The van der Waals surface area contributed by atoms with Crippen molar-refractivity contribution < 1.29 is 14.0 Å². The van der Waals surface area contributed by atoms with Crippen LogP contribution in [0.2, 0.25) is 0 Å². The lowest BCUT2D eigenvalue weighted by atomic mass is 10.2. The SMILES string of the molecule is Cc1ccc(N2CCC(NC(=O)c3ncoc3C3CC3)C2=O)cc1. The monoisotopic (exact) mass is 325 g/mol. The zero-order valence-electron chi connectivity index (χ0n) is 13.5. The number of nitrogens with zero attached hydrogens (tertiary/aromatic N) is 2. The Balaban J connectivity index is 1.45. The molecule has 6 nitrogen and oxygen atoms in total. The Hall–Kier alpha value is -2.63. The van der Waals surface area contributed by atoms with Gasteiger partial charge in [-0.05, 0) is 38.3 Å². The molecule has 2 amide bonds. The molecule has 1 saturated carbocycles. The Morgan fingerprint density at radius 2 is 2.00 bits per heavy atom. The Morgan fingerprint density at radius 1 is 1.25 bits per heavy atom. The first-order chi connectivity index (χ1) is 11.6. The van der Waals surface area contributed by atoms with Gasteiger partial charge in [-0.25, -0.2) is 4.98 Å². The lowest BCUT2D eigenvalue weighted by Gasteiger charge is -2.17. The lowest BCUT2D eigenvalue weighted by Crippen LogP contribution is -2.41. The number of hydrogen-bond acceptors (Lipinski definition) is 4. The third-order valence-electron chi connectivity index (χ3n) is 4.61. The van der Waals surface area contributed by atoms with E-state index >= 15 is 0 Å². The van der Waals surface area contributed by atoms with Gasteiger partial charge < -0.3 is 14.6 Å². The summed E-state index contributed by atoms with van der Waals surface area (Å²) >= 11 is 0. The van der Waals surface area contributed by atoms with Gasteiger partial charge >= 0.3 is 0 Å². The van der Waals surface area contributed by atoms with Crippen molar-refractivity contribution in [3.05, 3.63) is 47.7 Å². The number of carbonyl (C=O) groups excluding carboxylic acids is 2. The summed E-state index contributed by atoms with van der Waals surface area (Å²) in [6, 6.07) is 7.31. The highest BCUT2D eigenvalue weighted by Crippen LogP contribution is 2.41. The van der Waals surface area contributed by atoms with Gasteiger partial charge in [0.25, 0.3) is 5.91 Å². The molecule has 2 aliphatic rings. The maximum absolute atomic E-state index is 12.6. The second-order valence-electron chi connectivity index (χ2n) is 6.48. The Bertz CT molecular complexity index is 777. The van der Waals surface area contributed by atoms with E-state index < -0.39 is 6.04 Å². The van der Waals surface area contributed by atoms with Crippen LogP contribution in [0.4, 0.5) is 5.69 Å². The van der Waals surface area contributed by atoms with Crippen LogP contribution in [0, 0.1) is 6.92 Å². The third kappa shape index (κ3) is 2.68. The molecule has 0 bridgehead atoms.